The first-order valence-corrected chi connectivity index (χ1v) is 7.64. The van der Waals surface area contributed by atoms with E-state index in [9.17, 15) is 0 Å². The van der Waals surface area contributed by atoms with Gasteiger partial charge in [-0.25, -0.2) is 0 Å². The molecule has 1 unspecified atom stereocenters. The van der Waals surface area contributed by atoms with Gasteiger partial charge in [0, 0.05) is 12.6 Å². The molecule has 0 aliphatic carbocycles. The highest BCUT2D eigenvalue weighted by atomic mass is 79.9. The Bertz CT molecular complexity index is 396. The SMILES string of the molecule is CCCC(C)NCc1cc(Br)c(OCC)c(OC)c1. The van der Waals surface area contributed by atoms with Crippen molar-refractivity contribution in [2.75, 3.05) is 13.7 Å². The lowest BCUT2D eigenvalue weighted by Crippen LogP contribution is -2.25. The quantitative estimate of drug-likeness (QED) is 0.777. The van der Waals surface area contributed by atoms with Gasteiger partial charge in [-0.2, -0.15) is 0 Å². The Morgan fingerprint density at radius 3 is 2.63 bits per heavy atom. The minimum absolute atomic E-state index is 0.529. The predicted octanol–water partition coefficient (Wildman–Crippen LogP) is 4.13. The van der Waals surface area contributed by atoms with Gasteiger partial charge in [-0.3, -0.25) is 0 Å². The highest BCUT2D eigenvalue weighted by Crippen LogP contribution is 2.36. The highest BCUT2D eigenvalue weighted by molar-refractivity contribution is 9.10. The molecule has 1 atom stereocenters. The van der Waals surface area contributed by atoms with Gasteiger partial charge in [-0.15, -0.1) is 0 Å². The van der Waals surface area contributed by atoms with Crippen LogP contribution < -0.4 is 14.8 Å². The molecule has 1 aromatic carbocycles. The molecule has 1 rings (SSSR count). The Balaban J connectivity index is 2.77. The first-order valence-electron chi connectivity index (χ1n) is 6.84. The maximum Gasteiger partial charge on any atom is 0.175 e. The van der Waals surface area contributed by atoms with Crippen molar-refractivity contribution in [2.24, 2.45) is 0 Å². The Morgan fingerprint density at radius 1 is 1.32 bits per heavy atom. The molecule has 0 aliphatic heterocycles. The summed E-state index contributed by atoms with van der Waals surface area (Å²) in [6.45, 7) is 7.84. The van der Waals surface area contributed by atoms with Gasteiger partial charge in [0.15, 0.2) is 11.5 Å². The van der Waals surface area contributed by atoms with Crippen LogP contribution in [0.3, 0.4) is 0 Å². The van der Waals surface area contributed by atoms with E-state index in [1.54, 1.807) is 7.11 Å². The maximum absolute atomic E-state index is 5.59. The standard InChI is InChI=1S/C15H24BrNO2/c1-5-7-11(3)17-10-12-8-13(16)15(19-6-2)14(9-12)18-4/h8-9,11,17H,5-7,10H2,1-4H3. The summed E-state index contributed by atoms with van der Waals surface area (Å²) in [5.41, 5.74) is 1.19. The Kier molecular flexibility index (Phi) is 7.24. The van der Waals surface area contributed by atoms with E-state index >= 15 is 0 Å². The summed E-state index contributed by atoms with van der Waals surface area (Å²) in [5.74, 6) is 1.55. The smallest absolute Gasteiger partial charge is 0.175 e. The van der Waals surface area contributed by atoms with Crippen LogP contribution in [0, 0.1) is 0 Å². The number of nitrogens with one attached hydrogen (secondary N) is 1. The topological polar surface area (TPSA) is 30.5 Å². The minimum atomic E-state index is 0.529. The molecule has 0 heterocycles. The van der Waals surface area contributed by atoms with Gasteiger partial charge < -0.3 is 14.8 Å². The van der Waals surface area contributed by atoms with Gasteiger partial charge in [0.2, 0.25) is 0 Å². The van der Waals surface area contributed by atoms with Gasteiger partial charge in [-0.05, 0) is 53.9 Å². The second-order valence-electron chi connectivity index (χ2n) is 4.61. The molecular formula is C15H24BrNO2. The molecule has 0 spiro atoms. The van der Waals surface area contributed by atoms with Crippen molar-refractivity contribution in [3.05, 3.63) is 22.2 Å². The van der Waals surface area contributed by atoms with Crippen LogP contribution in [0.5, 0.6) is 11.5 Å². The molecule has 1 N–H and O–H groups in total. The normalized spacial score (nSPS) is 12.3. The molecule has 1 aromatic rings. The largest absolute Gasteiger partial charge is 0.493 e. The fourth-order valence-corrected chi connectivity index (χ4v) is 2.59. The van der Waals surface area contributed by atoms with E-state index in [1.807, 2.05) is 13.0 Å². The Morgan fingerprint density at radius 2 is 2.05 bits per heavy atom. The van der Waals surface area contributed by atoms with E-state index in [4.69, 9.17) is 9.47 Å². The van der Waals surface area contributed by atoms with Crippen molar-refractivity contribution in [3.8, 4) is 11.5 Å². The van der Waals surface area contributed by atoms with Gasteiger partial charge in [-0.1, -0.05) is 13.3 Å². The van der Waals surface area contributed by atoms with E-state index < -0.39 is 0 Å². The molecular weight excluding hydrogens is 306 g/mol. The number of benzene rings is 1. The summed E-state index contributed by atoms with van der Waals surface area (Å²) < 4.78 is 11.9. The Labute approximate surface area is 124 Å². The summed E-state index contributed by atoms with van der Waals surface area (Å²) in [7, 11) is 1.67. The molecule has 0 amide bonds. The summed E-state index contributed by atoms with van der Waals surface area (Å²) >= 11 is 3.54. The van der Waals surface area contributed by atoms with Crippen LogP contribution in [-0.4, -0.2) is 19.8 Å². The van der Waals surface area contributed by atoms with E-state index in [0.717, 1.165) is 22.5 Å². The lowest BCUT2D eigenvalue weighted by molar-refractivity contribution is 0.308. The number of rotatable bonds is 8. The van der Waals surface area contributed by atoms with Crippen molar-refractivity contribution in [1.29, 1.82) is 0 Å². The maximum atomic E-state index is 5.59. The fraction of sp³-hybridized carbons (Fsp3) is 0.600. The first-order chi connectivity index (χ1) is 9.12. The predicted molar refractivity (Wildman–Crippen MR) is 83.1 cm³/mol. The minimum Gasteiger partial charge on any atom is -0.493 e. The average Bonchev–Trinajstić information content (AvgIpc) is 2.39. The van der Waals surface area contributed by atoms with Crippen molar-refractivity contribution < 1.29 is 9.47 Å². The number of hydrogen-bond acceptors (Lipinski definition) is 3. The number of hydrogen-bond donors (Lipinski definition) is 1. The van der Waals surface area contributed by atoms with E-state index in [-0.39, 0.29) is 0 Å². The Hall–Kier alpha value is -0.740. The van der Waals surface area contributed by atoms with Crippen LogP contribution in [0.15, 0.2) is 16.6 Å². The van der Waals surface area contributed by atoms with Gasteiger partial charge >= 0.3 is 0 Å². The summed E-state index contributed by atoms with van der Waals surface area (Å²) in [6.07, 6.45) is 2.39. The average molecular weight is 330 g/mol. The lowest BCUT2D eigenvalue weighted by Gasteiger charge is -2.16. The summed E-state index contributed by atoms with van der Waals surface area (Å²) in [4.78, 5) is 0. The molecule has 3 nitrogen and oxygen atoms in total. The van der Waals surface area contributed by atoms with Crippen LogP contribution in [0.1, 0.15) is 39.2 Å². The third-order valence-corrected chi connectivity index (χ3v) is 3.54. The van der Waals surface area contributed by atoms with Gasteiger partial charge in [0.25, 0.3) is 0 Å². The third-order valence-electron chi connectivity index (χ3n) is 2.95. The molecule has 0 aliphatic rings. The van der Waals surface area contributed by atoms with Crippen LogP contribution in [-0.2, 0) is 6.54 Å². The molecule has 108 valence electrons. The zero-order valence-electron chi connectivity index (χ0n) is 12.3. The van der Waals surface area contributed by atoms with Crippen molar-refractivity contribution in [1.82, 2.24) is 5.32 Å². The molecule has 0 bridgehead atoms. The van der Waals surface area contributed by atoms with E-state index in [1.165, 1.54) is 18.4 Å². The van der Waals surface area contributed by atoms with Gasteiger partial charge in [0.05, 0.1) is 18.2 Å². The molecule has 4 heteroatoms. The molecule has 0 saturated heterocycles. The summed E-state index contributed by atoms with van der Waals surface area (Å²) in [5, 5.41) is 3.51. The van der Waals surface area contributed by atoms with Crippen LogP contribution >= 0.6 is 15.9 Å². The molecule has 0 saturated carbocycles. The van der Waals surface area contributed by atoms with Crippen LogP contribution in [0.2, 0.25) is 0 Å². The van der Waals surface area contributed by atoms with Gasteiger partial charge in [0.1, 0.15) is 0 Å². The monoisotopic (exact) mass is 329 g/mol. The molecule has 0 fully saturated rings. The number of ether oxygens (including phenoxy) is 2. The van der Waals surface area contributed by atoms with E-state index in [0.29, 0.717) is 12.6 Å². The number of methoxy groups -OCH3 is 1. The first kappa shape index (κ1) is 16.3. The van der Waals surface area contributed by atoms with Crippen molar-refractivity contribution in [3.63, 3.8) is 0 Å². The second-order valence-corrected chi connectivity index (χ2v) is 5.47. The zero-order valence-corrected chi connectivity index (χ0v) is 13.8. The molecule has 0 aromatic heterocycles. The molecule has 19 heavy (non-hydrogen) atoms. The second kappa shape index (κ2) is 8.43. The van der Waals surface area contributed by atoms with Crippen LogP contribution in [0.25, 0.3) is 0 Å². The lowest BCUT2D eigenvalue weighted by atomic mass is 10.1. The van der Waals surface area contributed by atoms with Crippen molar-refractivity contribution in [2.45, 2.75) is 46.2 Å². The van der Waals surface area contributed by atoms with E-state index in [2.05, 4.69) is 41.2 Å². The molecule has 0 radical (unpaired) electrons. The summed E-state index contributed by atoms with van der Waals surface area (Å²) in [6, 6.07) is 4.64. The van der Waals surface area contributed by atoms with Crippen LogP contribution in [0.4, 0.5) is 0 Å². The zero-order chi connectivity index (χ0) is 14.3. The fourth-order valence-electron chi connectivity index (χ4n) is 1.99. The number of halogens is 1. The third kappa shape index (κ3) is 5.03. The van der Waals surface area contributed by atoms with Crippen molar-refractivity contribution >= 4 is 15.9 Å². The highest BCUT2D eigenvalue weighted by Gasteiger charge is 2.11.